The van der Waals surface area contributed by atoms with Gasteiger partial charge < -0.3 is 10.8 Å². The van der Waals surface area contributed by atoms with Crippen LogP contribution in [0.15, 0.2) is 0 Å². The van der Waals surface area contributed by atoms with Gasteiger partial charge in [-0.2, -0.15) is 12.6 Å². The average molecular weight is 346 g/mol. The lowest BCUT2D eigenvalue weighted by Crippen LogP contribution is -2.18. The first-order valence-electron chi connectivity index (χ1n) is 9.17. The van der Waals surface area contributed by atoms with E-state index in [9.17, 15) is 9.59 Å². The number of nitrogens with two attached hydrogens (primary N) is 1. The van der Waals surface area contributed by atoms with Crippen molar-refractivity contribution in [2.24, 2.45) is 11.7 Å². The minimum atomic E-state index is -0.876. The highest BCUT2D eigenvalue weighted by Gasteiger charge is 2.19. The Labute approximate surface area is 147 Å². The van der Waals surface area contributed by atoms with Gasteiger partial charge in [0.1, 0.15) is 5.78 Å². The third kappa shape index (κ3) is 14.8. The molecule has 3 N–H and O–H groups in total. The van der Waals surface area contributed by atoms with Crippen molar-refractivity contribution in [3.8, 4) is 0 Å². The fraction of sp³-hybridized carbons (Fsp3) is 0.889. The zero-order valence-electron chi connectivity index (χ0n) is 14.5. The zero-order valence-corrected chi connectivity index (χ0v) is 15.4. The van der Waals surface area contributed by atoms with E-state index in [1.807, 2.05) is 0 Å². The molecule has 0 saturated heterocycles. The molecule has 1 atom stereocenters. The normalized spacial score (nSPS) is 12.3. The predicted molar refractivity (Wildman–Crippen MR) is 99.1 cm³/mol. The lowest BCUT2D eigenvalue weighted by molar-refractivity contribution is -0.143. The quantitative estimate of drug-likeness (QED) is 0.272. The Morgan fingerprint density at radius 2 is 1.35 bits per heavy atom. The maximum atomic E-state index is 11.8. The van der Waals surface area contributed by atoms with Crippen LogP contribution in [0, 0.1) is 5.92 Å². The van der Waals surface area contributed by atoms with Gasteiger partial charge >= 0.3 is 5.97 Å². The molecule has 0 amide bonds. The van der Waals surface area contributed by atoms with Crippen molar-refractivity contribution in [1.82, 2.24) is 0 Å². The first kappa shape index (κ1) is 22.4. The summed E-state index contributed by atoms with van der Waals surface area (Å²) < 4.78 is 0. The number of Topliss-reactive ketones (excluding diaryl/α,β-unsaturated/α-hetero) is 1. The smallest absolute Gasteiger partial charge is 0.306 e. The molecular formula is C18H35NO3S. The lowest BCUT2D eigenvalue weighted by Gasteiger charge is -2.09. The van der Waals surface area contributed by atoms with Crippen molar-refractivity contribution in [2.75, 3.05) is 12.3 Å². The van der Waals surface area contributed by atoms with E-state index in [1.54, 1.807) is 0 Å². The molecule has 0 aromatic rings. The number of unbranched alkanes of at least 4 members (excludes halogenated alkanes) is 9. The van der Waals surface area contributed by atoms with E-state index in [0.29, 0.717) is 18.6 Å². The van der Waals surface area contributed by atoms with Crippen LogP contribution in [0.2, 0.25) is 0 Å². The van der Waals surface area contributed by atoms with E-state index < -0.39 is 11.9 Å². The molecular weight excluding hydrogens is 310 g/mol. The van der Waals surface area contributed by atoms with E-state index in [1.165, 1.54) is 44.9 Å². The van der Waals surface area contributed by atoms with Gasteiger partial charge in [0, 0.05) is 12.8 Å². The summed E-state index contributed by atoms with van der Waals surface area (Å²) in [6, 6.07) is 0. The maximum Gasteiger partial charge on any atom is 0.306 e. The Morgan fingerprint density at radius 1 is 0.870 bits per heavy atom. The van der Waals surface area contributed by atoms with Crippen LogP contribution in [0.5, 0.6) is 0 Å². The fourth-order valence-corrected chi connectivity index (χ4v) is 3.04. The van der Waals surface area contributed by atoms with Crippen molar-refractivity contribution >= 4 is 24.4 Å². The molecule has 0 heterocycles. The number of carbonyl (C=O) groups excluding carboxylic acids is 1. The molecule has 0 saturated carbocycles. The van der Waals surface area contributed by atoms with Gasteiger partial charge in [0.05, 0.1) is 5.92 Å². The minimum absolute atomic E-state index is 0.0825. The molecule has 0 aliphatic carbocycles. The molecule has 4 nitrogen and oxygen atoms in total. The molecule has 0 aromatic carbocycles. The summed E-state index contributed by atoms with van der Waals surface area (Å²) in [4.78, 5) is 22.8. The second-order valence-corrected chi connectivity index (χ2v) is 6.81. The van der Waals surface area contributed by atoms with E-state index >= 15 is 0 Å². The SMILES string of the molecule is NCCCCCCCCCCCCC(=O)CC(CCS)C(=O)O. The largest absolute Gasteiger partial charge is 0.481 e. The first-order valence-corrected chi connectivity index (χ1v) is 9.80. The van der Waals surface area contributed by atoms with E-state index in [0.717, 1.165) is 25.8 Å². The van der Waals surface area contributed by atoms with Crippen LogP contribution in [0.3, 0.4) is 0 Å². The highest BCUT2D eigenvalue weighted by atomic mass is 32.1. The van der Waals surface area contributed by atoms with Crippen LogP contribution in [-0.4, -0.2) is 29.2 Å². The molecule has 5 heteroatoms. The summed E-state index contributed by atoms with van der Waals surface area (Å²) in [5, 5.41) is 9.02. The van der Waals surface area contributed by atoms with Crippen molar-refractivity contribution < 1.29 is 14.7 Å². The fourth-order valence-electron chi connectivity index (χ4n) is 2.73. The highest BCUT2D eigenvalue weighted by molar-refractivity contribution is 7.80. The van der Waals surface area contributed by atoms with Crippen LogP contribution >= 0.6 is 12.6 Å². The van der Waals surface area contributed by atoms with Gasteiger partial charge in [-0.3, -0.25) is 9.59 Å². The predicted octanol–water partition coefficient (Wildman–Crippen LogP) is 4.22. The van der Waals surface area contributed by atoms with Gasteiger partial charge in [0.25, 0.3) is 0 Å². The van der Waals surface area contributed by atoms with Crippen LogP contribution < -0.4 is 5.73 Å². The molecule has 136 valence electrons. The highest BCUT2D eigenvalue weighted by Crippen LogP contribution is 2.15. The molecule has 0 fully saturated rings. The second kappa shape index (κ2) is 16.3. The average Bonchev–Trinajstić information content (AvgIpc) is 2.52. The van der Waals surface area contributed by atoms with Crippen molar-refractivity contribution in [1.29, 1.82) is 0 Å². The number of carboxylic acids is 1. The summed E-state index contributed by atoms with van der Waals surface area (Å²) in [5.74, 6) is -0.839. The molecule has 23 heavy (non-hydrogen) atoms. The van der Waals surface area contributed by atoms with Crippen LogP contribution in [0.4, 0.5) is 0 Å². The summed E-state index contributed by atoms with van der Waals surface area (Å²) >= 11 is 4.05. The third-order valence-electron chi connectivity index (χ3n) is 4.21. The van der Waals surface area contributed by atoms with E-state index in [-0.39, 0.29) is 12.2 Å². The van der Waals surface area contributed by atoms with E-state index in [4.69, 9.17) is 10.8 Å². The topological polar surface area (TPSA) is 80.4 Å². The molecule has 0 spiro atoms. The molecule has 0 bridgehead atoms. The number of ketones is 1. The van der Waals surface area contributed by atoms with Gasteiger partial charge in [-0.1, -0.05) is 51.4 Å². The van der Waals surface area contributed by atoms with E-state index in [2.05, 4.69) is 12.6 Å². The Balaban J connectivity index is 3.43. The zero-order chi connectivity index (χ0) is 17.3. The molecule has 0 aliphatic heterocycles. The summed E-state index contributed by atoms with van der Waals surface area (Å²) in [7, 11) is 0. The Bertz CT molecular complexity index is 311. The van der Waals surface area contributed by atoms with Crippen LogP contribution in [0.25, 0.3) is 0 Å². The molecule has 1 unspecified atom stereocenters. The maximum absolute atomic E-state index is 11.8. The minimum Gasteiger partial charge on any atom is -0.481 e. The monoisotopic (exact) mass is 345 g/mol. The van der Waals surface area contributed by atoms with Gasteiger partial charge in [0.2, 0.25) is 0 Å². The van der Waals surface area contributed by atoms with Gasteiger partial charge in [-0.15, -0.1) is 0 Å². The van der Waals surface area contributed by atoms with Gasteiger partial charge in [-0.25, -0.2) is 0 Å². The number of thiol groups is 1. The number of carboxylic acid groups (broad SMARTS) is 1. The van der Waals surface area contributed by atoms with Crippen molar-refractivity contribution in [3.05, 3.63) is 0 Å². The van der Waals surface area contributed by atoms with Crippen molar-refractivity contribution in [3.63, 3.8) is 0 Å². The number of hydrogen-bond donors (Lipinski definition) is 3. The van der Waals surface area contributed by atoms with Gasteiger partial charge in [-0.05, 0) is 31.6 Å². The molecule has 0 rings (SSSR count). The molecule has 0 aliphatic rings. The molecule has 0 aromatic heterocycles. The Morgan fingerprint density at radius 3 is 1.78 bits per heavy atom. The first-order chi connectivity index (χ1) is 11.1. The van der Waals surface area contributed by atoms with Crippen LogP contribution in [0.1, 0.15) is 83.5 Å². The Hall–Kier alpha value is -0.550. The summed E-state index contributed by atoms with van der Waals surface area (Å²) in [6.45, 7) is 0.806. The van der Waals surface area contributed by atoms with Crippen LogP contribution in [-0.2, 0) is 9.59 Å². The number of carbonyl (C=O) groups is 2. The Kier molecular flexibility index (Phi) is 15.9. The standard InChI is InChI=1S/C18H35NO3S/c19-13-10-8-6-4-2-1-3-5-7-9-11-17(20)15-16(12-14-23)18(21)22/h16,23H,1-15,19H2,(H,21,22). The summed E-state index contributed by atoms with van der Waals surface area (Å²) in [6.07, 6.45) is 13.1. The number of rotatable bonds is 17. The molecule has 0 radical (unpaired) electrons. The number of hydrogen-bond acceptors (Lipinski definition) is 4. The third-order valence-corrected chi connectivity index (χ3v) is 4.47. The van der Waals surface area contributed by atoms with Gasteiger partial charge in [0.15, 0.2) is 0 Å². The number of aliphatic carboxylic acids is 1. The van der Waals surface area contributed by atoms with Crippen molar-refractivity contribution in [2.45, 2.75) is 83.5 Å². The summed E-state index contributed by atoms with van der Waals surface area (Å²) in [5.41, 5.74) is 5.46. The lowest BCUT2D eigenvalue weighted by atomic mass is 9.97. The second-order valence-electron chi connectivity index (χ2n) is 6.36.